The second-order valence-corrected chi connectivity index (χ2v) is 7.66. The van der Waals surface area contributed by atoms with E-state index < -0.39 is 55.4 Å². The molecule has 0 aromatic heterocycles. The van der Waals surface area contributed by atoms with Gasteiger partial charge in [-0.3, -0.25) is 4.79 Å². The maximum absolute atomic E-state index is 12.5. The maximum atomic E-state index is 12.5. The Kier molecular flexibility index (Phi) is 9.77. The number of carbonyl (C=O) groups excluding carboxylic acids is 2. The SMILES string of the molecule is CC(=O)OC(COC(=O)/C(C)=C(\C)c1ccc(O)cc1)COC1OC(CO)C(O)C(O)C1O. The predicted octanol–water partition coefficient (Wildman–Crippen LogP) is -0.523. The van der Waals surface area contributed by atoms with Crippen LogP contribution in [0, 0.1) is 0 Å². The molecule has 0 radical (unpaired) electrons. The molecule has 2 rings (SSSR count). The lowest BCUT2D eigenvalue weighted by Crippen LogP contribution is -2.59. The number of allylic oxidation sites excluding steroid dienone is 1. The van der Waals surface area contributed by atoms with E-state index in [1.807, 2.05) is 0 Å². The van der Waals surface area contributed by atoms with Gasteiger partial charge < -0.3 is 44.5 Å². The summed E-state index contributed by atoms with van der Waals surface area (Å²) in [4.78, 5) is 23.9. The quantitative estimate of drug-likeness (QED) is 0.232. The Morgan fingerprint density at radius 2 is 1.64 bits per heavy atom. The van der Waals surface area contributed by atoms with Crippen LogP contribution in [0.2, 0.25) is 0 Å². The first-order valence-corrected chi connectivity index (χ1v) is 10.3. The molecule has 1 saturated heterocycles. The van der Waals surface area contributed by atoms with E-state index in [1.54, 1.807) is 26.0 Å². The zero-order chi connectivity index (χ0) is 24.7. The zero-order valence-corrected chi connectivity index (χ0v) is 18.6. The Hall–Kier alpha value is -2.54. The third-order valence-corrected chi connectivity index (χ3v) is 5.20. The second kappa shape index (κ2) is 12.1. The summed E-state index contributed by atoms with van der Waals surface area (Å²) < 4.78 is 20.9. The highest BCUT2D eigenvalue weighted by molar-refractivity contribution is 5.96. The standard InChI is InChI=1S/C22H30O11/c1-11(14-4-6-15(25)7-5-14)12(2)21(29)30-9-16(32-13(3)24)10-31-22-20(28)19(27)18(26)17(8-23)33-22/h4-7,16-20,22-23,25-28H,8-10H2,1-3H3/b12-11+. The molecule has 0 bridgehead atoms. The molecule has 1 fully saturated rings. The predicted molar refractivity (Wildman–Crippen MR) is 113 cm³/mol. The third kappa shape index (κ3) is 7.22. The Balaban J connectivity index is 1.99. The Morgan fingerprint density at radius 3 is 2.21 bits per heavy atom. The molecule has 1 aliphatic rings. The summed E-state index contributed by atoms with van der Waals surface area (Å²) in [6, 6.07) is 6.28. The van der Waals surface area contributed by atoms with Crippen LogP contribution in [0.25, 0.3) is 5.57 Å². The minimum atomic E-state index is -1.62. The van der Waals surface area contributed by atoms with Gasteiger partial charge in [-0.05, 0) is 37.1 Å². The molecule has 11 heteroatoms. The highest BCUT2D eigenvalue weighted by Gasteiger charge is 2.44. The molecule has 1 heterocycles. The van der Waals surface area contributed by atoms with Crippen molar-refractivity contribution in [2.75, 3.05) is 19.8 Å². The van der Waals surface area contributed by atoms with Crippen LogP contribution in [0.3, 0.4) is 0 Å². The van der Waals surface area contributed by atoms with Gasteiger partial charge in [0.05, 0.1) is 13.2 Å². The lowest BCUT2D eigenvalue weighted by molar-refractivity contribution is -0.305. The summed E-state index contributed by atoms with van der Waals surface area (Å²) in [5, 5.41) is 48.3. The minimum absolute atomic E-state index is 0.0930. The Labute approximate surface area is 190 Å². The van der Waals surface area contributed by atoms with Crippen molar-refractivity contribution in [3.63, 3.8) is 0 Å². The zero-order valence-electron chi connectivity index (χ0n) is 18.6. The van der Waals surface area contributed by atoms with E-state index in [-0.39, 0.29) is 19.0 Å². The monoisotopic (exact) mass is 470 g/mol. The summed E-state index contributed by atoms with van der Waals surface area (Å²) in [6.07, 6.45) is -8.42. The normalized spacial score (nSPS) is 26.8. The van der Waals surface area contributed by atoms with Crippen LogP contribution in [0.5, 0.6) is 5.75 Å². The van der Waals surface area contributed by atoms with Gasteiger partial charge >= 0.3 is 11.9 Å². The first-order valence-electron chi connectivity index (χ1n) is 10.3. The third-order valence-electron chi connectivity index (χ3n) is 5.20. The molecule has 1 aliphatic heterocycles. The van der Waals surface area contributed by atoms with Crippen molar-refractivity contribution in [2.45, 2.75) is 57.6 Å². The summed E-state index contributed by atoms with van der Waals surface area (Å²) >= 11 is 0. The van der Waals surface area contributed by atoms with Crippen LogP contribution in [0.15, 0.2) is 29.8 Å². The molecule has 0 spiro atoms. The average molecular weight is 470 g/mol. The molecule has 33 heavy (non-hydrogen) atoms. The van der Waals surface area contributed by atoms with Gasteiger partial charge in [-0.15, -0.1) is 0 Å². The van der Waals surface area contributed by atoms with Gasteiger partial charge in [0.2, 0.25) is 0 Å². The number of aliphatic hydroxyl groups is 4. The van der Waals surface area contributed by atoms with E-state index in [1.165, 1.54) is 12.1 Å². The summed E-state index contributed by atoms with van der Waals surface area (Å²) in [7, 11) is 0. The summed E-state index contributed by atoms with van der Waals surface area (Å²) in [6.45, 7) is 3.08. The van der Waals surface area contributed by atoms with Crippen LogP contribution >= 0.6 is 0 Å². The van der Waals surface area contributed by atoms with Gasteiger partial charge in [-0.1, -0.05) is 12.1 Å². The highest BCUT2D eigenvalue weighted by atomic mass is 16.7. The molecule has 0 amide bonds. The Morgan fingerprint density at radius 1 is 1.00 bits per heavy atom. The molecule has 6 atom stereocenters. The van der Waals surface area contributed by atoms with Gasteiger partial charge in [0.1, 0.15) is 36.8 Å². The fraction of sp³-hybridized carbons (Fsp3) is 0.545. The van der Waals surface area contributed by atoms with Crippen LogP contribution in [0.1, 0.15) is 26.3 Å². The topological polar surface area (TPSA) is 172 Å². The van der Waals surface area contributed by atoms with Crippen molar-refractivity contribution in [2.24, 2.45) is 0 Å². The summed E-state index contributed by atoms with van der Waals surface area (Å²) in [5.74, 6) is -1.23. The first-order chi connectivity index (χ1) is 15.5. The molecule has 5 N–H and O–H groups in total. The number of rotatable bonds is 9. The van der Waals surface area contributed by atoms with E-state index in [2.05, 4.69) is 0 Å². The molecule has 11 nitrogen and oxygen atoms in total. The number of ether oxygens (including phenoxy) is 4. The van der Waals surface area contributed by atoms with Crippen LogP contribution < -0.4 is 0 Å². The van der Waals surface area contributed by atoms with Gasteiger partial charge in [-0.25, -0.2) is 4.79 Å². The fourth-order valence-electron chi connectivity index (χ4n) is 3.12. The van der Waals surface area contributed by atoms with E-state index in [9.17, 15) is 35.1 Å². The second-order valence-electron chi connectivity index (χ2n) is 7.66. The largest absolute Gasteiger partial charge is 0.508 e. The van der Waals surface area contributed by atoms with Gasteiger partial charge in [0.15, 0.2) is 12.4 Å². The number of aromatic hydroxyl groups is 1. The van der Waals surface area contributed by atoms with Crippen molar-refractivity contribution >= 4 is 17.5 Å². The van der Waals surface area contributed by atoms with Crippen molar-refractivity contribution in [1.29, 1.82) is 0 Å². The smallest absolute Gasteiger partial charge is 0.334 e. The van der Waals surface area contributed by atoms with E-state index in [0.717, 1.165) is 6.92 Å². The number of phenols is 1. The van der Waals surface area contributed by atoms with Crippen molar-refractivity contribution < 1.29 is 54.1 Å². The number of carbonyl (C=O) groups is 2. The number of hydrogen-bond donors (Lipinski definition) is 5. The number of benzene rings is 1. The van der Waals surface area contributed by atoms with Gasteiger partial charge in [0, 0.05) is 12.5 Å². The van der Waals surface area contributed by atoms with Crippen molar-refractivity contribution in [3.8, 4) is 5.75 Å². The first kappa shape index (κ1) is 26.7. The van der Waals surface area contributed by atoms with E-state index in [0.29, 0.717) is 16.7 Å². The maximum Gasteiger partial charge on any atom is 0.334 e. The van der Waals surface area contributed by atoms with Crippen LogP contribution in [-0.4, -0.2) is 94.1 Å². The Bertz CT molecular complexity index is 833. The molecule has 0 saturated carbocycles. The number of esters is 2. The number of aliphatic hydroxyl groups excluding tert-OH is 4. The van der Waals surface area contributed by atoms with Crippen molar-refractivity contribution in [3.05, 3.63) is 35.4 Å². The molecule has 0 aliphatic carbocycles. The average Bonchev–Trinajstić information content (AvgIpc) is 2.79. The van der Waals surface area contributed by atoms with Crippen molar-refractivity contribution in [1.82, 2.24) is 0 Å². The molecule has 1 aromatic carbocycles. The summed E-state index contributed by atoms with van der Waals surface area (Å²) in [5.41, 5.74) is 1.64. The molecule has 184 valence electrons. The fourth-order valence-corrected chi connectivity index (χ4v) is 3.12. The van der Waals surface area contributed by atoms with E-state index in [4.69, 9.17) is 18.9 Å². The minimum Gasteiger partial charge on any atom is -0.508 e. The van der Waals surface area contributed by atoms with E-state index >= 15 is 0 Å². The van der Waals surface area contributed by atoms with Gasteiger partial charge in [-0.2, -0.15) is 0 Å². The molecular weight excluding hydrogens is 440 g/mol. The molecule has 1 aromatic rings. The number of phenolic OH excluding ortho intramolecular Hbond substituents is 1. The highest BCUT2D eigenvalue weighted by Crippen LogP contribution is 2.23. The van der Waals surface area contributed by atoms with Crippen LogP contribution in [-0.2, 0) is 28.5 Å². The molecule has 6 unspecified atom stereocenters. The van der Waals surface area contributed by atoms with Crippen LogP contribution in [0.4, 0.5) is 0 Å². The number of hydrogen-bond acceptors (Lipinski definition) is 11. The lowest BCUT2D eigenvalue weighted by atomic mass is 9.99. The molecular formula is C22H30O11. The van der Waals surface area contributed by atoms with Gasteiger partial charge in [0.25, 0.3) is 0 Å². The lowest BCUT2D eigenvalue weighted by Gasteiger charge is -2.39.